The summed E-state index contributed by atoms with van der Waals surface area (Å²) in [6.45, 7) is 0.143. The summed E-state index contributed by atoms with van der Waals surface area (Å²) >= 11 is 1.48. The highest BCUT2D eigenvalue weighted by atomic mass is 32.1. The summed E-state index contributed by atoms with van der Waals surface area (Å²) in [5.41, 5.74) is 5.42. The van der Waals surface area contributed by atoms with E-state index in [2.05, 4.69) is 4.98 Å². The summed E-state index contributed by atoms with van der Waals surface area (Å²) in [5.74, 6) is 0.208. The number of fused-ring (bicyclic) bond motifs is 1. The van der Waals surface area contributed by atoms with Gasteiger partial charge in [0.1, 0.15) is 12.4 Å². The molecule has 0 unspecified atom stereocenters. The van der Waals surface area contributed by atoms with E-state index in [1.165, 1.54) is 17.4 Å². The Bertz CT molecular complexity index is 750. The zero-order valence-corrected chi connectivity index (χ0v) is 11.4. The van der Waals surface area contributed by atoms with E-state index < -0.39 is 11.7 Å². The molecule has 2 heterocycles. The number of anilines is 1. The number of aromatic nitrogens is 2. The molecule has 1 aromatic carbocycles. The molecule has 0 radical (unpaired) electrons. The van der Waals surface area contributed by atoms with E-state index in [0.29, 0.717) is 5.69 Å². The smallest absolute Gasteiger partial charge is 0.416 e. The number of benzene rings is 1. The molecule has 8 heteroatoms. The van der Waals surface area contributed by atoms with Crippen molar-refractivity contribution in [3.8, 4) is 5.75 Å². The van der Waals surface area contributed by atoms with Crippen LogP contribution in [0.1, 0.15) is 11.3 Å². The Morgan fingerprint density at radius 1 is 1.33 bits per heavy atom. The first kappa shape index (κ1) is 13.7. The molecule has 3 aromatic rings. The Morgan fingerprint density at radius 2 is 2.14 bits per heavy atom. The summed E-state index contributed by atoms with van der Waals surface area (Å²) in [7, 11) is 0. The summed E-state index contributed by atoms with van der Waals surface area (Å²) in [6, 6.07) is 3.02. The number of nitrogens with two attached hydrogens (primary N) is 1. The standard InChI is InChI=1S/C13H10F3N3OS/c14-13(15,16)8-1-2-11(10(17)5-8)20-7-9-6-19-3-4-21-12(19)18-9/h1-6H,7,17H2. The second kappa shape index (κ2) is 4.96. The Balaban J connectivity index is 1.74. The van der Waals surface area contributed by atoms with Crippen LogP contribution in [0.3, 0.4) is 0 Å². The van der Waals surface area contributed by atoms with Crippen molar-refractivity contribution in [3.63, 3.8) is 0 Å². The monoisotopic (exact) mass is 313 g/mol. The lowest BCUT2D eigenvalue weighted by Gasteiger charge is -2.11. The molecule has 0 spiro atoms. The summed E-state index contributed by atoms with van der Waals surface area (Å²) in [6.07, 6.45) is -0.754. The van der Waals surface area contributed by atoms with Gasteiger partial charge in [-0.05, 0) is 18.2 Å². The number of alkyl halides is 3. The Morgan fingerprint density at radius 3 is 2.81 bits per heavy atom. The third-order valence-corrected chi connectivity index (χ3v) is 3.63. The zero-order chi connectivity index (χ0) is 15.0. The van der Waals surface area contributed by atoms with Crippen molar-refractivity contribution < 1.29 is 17.9 Å². The number of thiazole rings is 1. The lowest BCUT2D eigenvalue weighted by molar-refractivity contribution is -0.137. The molecule has 0 aliphatic heterocycles. The molecule has 0 saturated carbocycles. The first-order valence-electron chi connectivity index (χ1n) is 5.94. The number of ether oxygens (including phenoxy) is 1. The maximum Gasteiger partial charge on any atom is 0.416 e. The zero-order valence-electron chi connectivity index (χ0n) is 10.6. The van der Waals surface area contributed by atoms with Crippen LogP contribution in [0.25, 0.3) is 4.96 Å². The minimum atomic E-state index is -4.42. The van der Waals surface area contributed by atoms with Crippen molar-refractivity contribution in [2.45, 2.75) is 12.8 Å². The number of hydrogen-bond donors (Lipinski definition) is 1. The van der Waals surface area contributed by atoms with Crippen molar-refractivity contribution in [2.75, 3.05) is 5.73 Å². The van der Waals surface area contributed by atoms with Crippen molar-refractivity contribution in [2.24, 2.45) is 0 Å². The molecule has 3 rings (SSSR count). The fourth-order valence-electron chi connectivity index (χ4n) is 1.85. The summed E-state index contributed by atoms with van der Waals surface area (Å²) in [4.78, 5) is 5.14. The summed E-state index contributed by atoms with van der Waals surface area (Å²) < 4.78 is 44.8. The van der Waals surface area contributed by atoms with Gasteiger partial charge >= 0.3 is 6.18 Å². The molecule has 0 bridgehead atoms. The molecule has 4 nitrogen and oxygen atoms in total. The van der Waals surface area contributed by atoms with Crippen LogP contribution in [0.4, 0.5) is 18.9 Å². The van der Waals surface area contributed by atoms with Gasteiger partial charge < -0.3 is 10.5 Å². The molecule has 2 aromatic heterocycles. The maximum absolute atomic E-state index is 12.5. The van der Waals surface area contributed by atoms with Crippen LogP contribution in [0, 0.1) is 0 Å². The first-order chi connectivity index (χ1) is 9.93. The van der Waals surface area contributed by atoms with Crippen molar-refractivity contribution in [1.82, 2.24) is 9.38 Å². The molecular formula is C13H10F3N3OS. The molecule has 0 aliphatic carbocycles. The van der Waals surface area contributed by atoms with E-state index >= 15 is 0 Å². The van der Waals surface area contributed by atoms with Crippen molar-refractivity contribution in [1.29, 1.82) is 0 Å². The van der Waals surface area contributed by atoms with Crippen LogP contribution >= 0.6 is 11.3 Å². The van der Waals surface area contributed by atoms with Crippen LogP contribution in [-0.2, 0) is 12.8 Å². The van der Waals surface area contributed by atoms with Crippen LogP contribution in [0.2, 0.25) is 0 Å². The molecule has 2 N–H and O–H groups in total. The summed E-state index contributed by atoms with van der Waals surface area (Å²) in [5, 5.41) is 1.90. The molecule has 110 valence electrons. The lowest BCUT2D eigenvalue weighted by atomic mass is 10.2. The number of rotatable bonds is 3. The normalized spacial score (nSPS) is 12.0. The lowest BCUT2D eigenvalue weighted by Crippen LogP contribution is -2.06. The molecular weight excluding hydrogens is 303 g/mol. The third kappa shape index (κ3) is 2.80. The average Bonchev–Trinajstić information content (AvgIpc) is 2.96. The number of nitrogen functional groups attached to an aromatic ring is 1. The minimum Gasteiger partial charge on any atom is -0.485 e. The molecule has 21 heavy (non-hydrogen) atoms. The Labute approximate surface area is 121 Å². The largest absolute Gasteiger partial charge is 0.485 e. The van der Waals surface area contributed by atoms with Crippen molar-refractivity contribution >= 4 is 22.0 Å². The van der Waals surface area contributed by atoms with Gasteiger partial charge in [0.2, 0.25) is 0 Å². The molecule has 0 saturated heterocycles. The molecule has 0 aliphatic rings. The molecule has 0 amide bonds. The van der Waals surface area contributed by atoms with E-state index in [9.17, 15) is 13.2 Å². The number of nitrogens with zero attached hydrogens (tertiary/aromatic N) is 2. The van der Waals surface area contributed by atoms with Gasteiger partial charge in [0.25, 0.3) is 0 Å². The van der Waals surface area contributed by atoms with E-state index in [1.54, 1.807) is 6.20 Å². The van der Waals surface area contributed by atoms with Gasteiger partial charge in [-0.3, -0.25) is 4.40 Å². The first-order valence-corrected chi connectivity index (χ1v) is 6.82. The van der Waals surface area contributed by atoms with Gasteiger partial charge in [-0.15, -0.1) is 11.3 Å². The van der Waals surface area contributed by atoms with E-state index in [4.69, 9.17) is 10.5 Å². The second-order valence-electron chi connectivity index (χ2n) is 4.36. The topological polar surface area (TPSA) is 52.5 Å². The quantitative estimate of drug-likeness (QED) is 0.752. The predicted octanol–water partition coefficient (Wildman–Crippen LogP) is 3.58. The SMILES string of the molecule is Nc1cc(C(F)(F)F)ccc1OCc1cn2ccsc2n1. The Kier molecular flexibility index (Phi) is 3.25. The van der Waals surface area contributed by atoms with Gasteiger partial charge in [0.05, 0.1) is 16.9 Å². The van der Waals surface area contributed by atoms with E-state index in [0.717, 1.165) is 17.1 Å². The van der Waals surface area contributed by atoms with Gasteiger partial charge in [-0.1, -0.05) is 0 Å². The number of imidazole rings is 1. The van der Waals surface area contributed by atoms with Crippen LogP contribution in [0.5, 0.6) is 5.75 Å². The van der Waals surface area contributed by atoms with Crippen molar-refractivity contribution in [3.05, 3.63) is 47.2 Å². The van der Waals surface area contributed by atoms with Crippen LogP contribution in [-0.4, -0.2) is 9.38 Å². The number of hydrogen-bond acceptors (Lipinski definition) is 4. The highest BCUT2D eigenvalue weighted by molar-refractivity contribution is 7.15. The van der Waals surface area contributed by atoms with E-state index in [1.807, 2.05) is 16.0 Å². The van der Waals surface area contributed by atoms with E-state index in [-0.39, 0.29) is 18.0 Å². The number of halogens is 3. The second-order valence-corrected chi connectivity index (χ2v) is 5.24. The van der Waals surface area contributed by atoms with Gasteiger partial charge in [0, 0.05) is 17.8 Å². The maximum atomic E-state index is 12.5. The Hall–Kier alpha value is -2.22. The third-order valence-electron chi connectivity index (χ3n) is 2.86. The fraction of sp³-hybridized carbons (Fsp3) is 0.154. The van der Waals surface area contributed by atoms with Gasteiger partial charge in [-0.2, -0.15) is 13.2 Å². The molecule has 0 atom stereocenters. The highest BCUT2D eigenvalue weighted by Gasteiger charge is 2.30. The minimum absolute atomic E-state index is 0.0501. The van der Waals surface area contributed by atoms with Gasteiger partial charge in [-0.25, -0.2) is 4.98 Å². The van der Waals surface area contributed by atoms with Gasteiger partial charge in [0.15, 0.2) is 4.96 Å². The highest BCUT2D eigenvalue weighted by Crippen LogP contribution is 2.33. The van der Waals surface area contributed by atoms with Crippen LogP contribution in [0.15, 0.2) is 36.0 Å². The predicted molar refractivity (Wildman–Crippen MR) is 73.3 cm³/mol. The van der Waals surface area contributed by atoms with Crippen LogP contribution < -0.4 is 10.5 Å². The molecule has 0 fully saturated rings. The average molecular weight is 313 g/mol. The fourth-order valence-corrected chi connectivity index (χ4v) is 2.57.